The Morgan fingerprint density at radius 3 is 1.13 bits per heavy atom. The van der Waals surface area contributed by atoms with Crippen LogP contribution < -0.4 is 5.11 Å². The van der Waals surface area contributed by atoms with Crippen LogP contribution in [0, 0.1) is 0 Å². The molecule has 0 fully saturated rings. The molecule has 75 heavy (non-hydrogen) atoms. The number of aliphatic carboxylic acids is 1. The van der Waals surface area contributed by atoms with Gasteiger partial charge < -0.3 is 33.3 Å². The lowest BCUT2D eigenvalue weighted by molar-refractivity contribution is -0.870. The number of nitrogens with zero attached hydrogens (tertiary/aromatic N) is 1. The second kappa shape index (κ2) is 57.2. The molecule has 0 amide bonds. The predicted molar refractivity (Wildman–Crippen MR) is 315 cm³/mol. The van der Waals surface area contributed by atoms with E-state index in [9.17, 15) is 19.5 Å². The van der Waals surface area contributed by atoms with Crippen molar-refractivity contribution in [2.24, 2.45) is 0 Å². The van der Waals surface area contributed by atoms with E-state index >= 15 is 0 Å². The number of ether oxygens (including phenoxy) is 4. The van der Waals surface area contributed by atoms with Gasteiger partial charge in [-0.05, 0) is 57.8 Å². The maximum atomic E-state index is 12.8. The van der Waals surface area contributed by atoms with Gasteiger partial charge in [0, 0.05) is 12.8 Å². The summed E-state index contributed by atoms with van der Waals surface area (Å²) in [5, 5.41) is 11.7. The Bertz CT molecular complexity index is 1410. The van der Waals surface area contributed by atoms with E-state index in [-0.39, 0.29) is 32.2 Å². The fraction of sp³-hybridized carbons (Fsp3) is 0.803. The lowest BCUT2D eigenvalue weighted by Crippen LogP contribution is -2.44. The van der Waals surface area contributed by atoms with Crippen molar-refractivity contribution in [3.05, 3.63) is 60.8 Å². The van der Waals surface area contributed by atoms with E-state index in [1.807, 2.05) is 21.1 Å². The third kappa shape index (κ3) is 58.5. The molecule has 0 saturated heterocycles. The van der Waals surface area contributed by atoms with E-state index in [0.29, 0.717) is 17.4 Å². The summed E-state index contributed by atoms with van der Waals surface area (Å²) in [4.78, 5) is 37.1. The monoisotopic (exact) mass is 1050 g/mol. The summed E-state index contributed by atoms with van der Waals surface area (Å²) in [5.41, 5.74) is 0. The maximum Gasteiger partial charge on any atom is 0.306 e. The van der Waals surface area contributed by atoms with Crippen LogP contribution in [0.15, 0.2) is 60.8 Å². The van der Waals surface area contributed by atoms with Crippen molar-refractivity contribution >= 4 is 17.9 Å². The number of carbonyl (C=O) groups excluding carboxylic acids is 3. The van der Waals surface area contributed by atoms with Gasteiger partial charge in [0.2, 0.25) is 0 Å². The van der Waals surface area contributed by atoms with Gasteiger partial charge in [0.05, 0.1) is 40.3 Å². The zero-order valence-corrected chi connectivity index (χ0v) is 49.7. The molecule has 9 heteroatoms. The molecule has 0 radical (unpaired) electrons. The molecule has 0 bridgehead atoms. The Morgan fingerprint density at radius 1 is 0.413 bits per heavy atom. The van der Waals surface area contributed by atoms with E-state index in [1.165, 1.54) is 186 Å². The summed E-state index contributed by atoms with van der Waals surface area (Å²) >= 11 is 0. The summed E-state index contributed by atoms with van der Waals surface area (Å²) < 4.78 is 22.6. The number of unbranched alkanes of at least 4 members (excludes halogenated alkanes) is 33. The van der Waals surface area contributed by atoms with E-state index in [2.05, 4.69) is 74.6 Å². The highest BCUT2D eigenvalue weighted by Gasteiger charge is 2.22. The van der Waals surface area contributed by atoms with Crippen LogP contribution >= 0.6 is 0 Å². The Balaban J connectivity index is 3.85. The summed E-state index contributed by atoms with van der Waals surface area (Å²) in [6, 6.07) is 0. The molecule has 0 aliphatic carbocycles. The van der Waals surface area contributed by atoms with E-state index in [4.69, 9.17) is 18.9 Å². The normalized spacial score (nSPS) is 13.1. The van der Waals surface area contributed by atoms with Gasteiger partial charge >= 0.3 is 11.9 Å². The molecule has 2 atom stereocenters. The summed E-state index contributed by atoms with van der Waals surface area (Å²) in [7, 11) is 5.92. The first kappa shape index (κ1) is 72.0. The number of rotatable bonds is 58. The van der Waals surface area contributed by atoms with Crippen molar-refractivity contribution in [2.75, 3.05) is 47.5 Å². The smallest absolute Gasteiger partial charge is 0.306 e. The highest BCUT2D eigenvalue weighted by molar-refractivity contribution is 5.70. The minimum absolute atomic E-state index is 0.150. The van der Waals surface area contributed by atoms with Gasteiger partial charge in [-0.2, -0.15) is 0 Å². The molecule has 0 aromatic carbocycles. The van der Waals surface area contributed by atoms with Gasteiger partial charge in [-0.3, -0.25) is 9.59 Å². The lowest BCUT2D eigenvalue weighted by Gasteiger charge is -2.26. The topological polar surface area (TPSA) is 111 Å². The number of likely N-dealkylation sites (N-methyl/N-ethyl adjacent to an activating group) is 1. The fourth-order valence-electron chi connectivity index (χ4n) is 8.98. The van der Waals surface area contributed by atoms with Crippen molar-refractivity contribution in [2.45, 2.75) is 296 Å². The lowest BCUT2D eigenvalue weighted by atomic mass is 10.0. The molecule has 0 spiro atoms. The number of carbonyl (C=O) groups is 3. The second-order valence-corrected chi connectivity index (χ2v) is 22.3. The number of carboxylic acid groups (broad SMARTS) is 1. The highest BCUT2D eigenvalue weighted by Crippen LogP contribution is 2.18. The van der Waals surface area contributed by atoms with Gasteiger partial charge in [-0.15, -0.1) is 0 Å². The molecule has 2 unspecified atom stereocenters. The number of hydrogen-bond donors (Lipinski definition) is 0. The fourth-order valence-corrected chi connectivity index (χ4v) is 8.98. The Hall–Kier alpha value is -3.01. The molecule has 0 rings (SSSR count). The van der Waals surface area contributed by atoms with Crippen molar-refractivity contribution < 1.29 is 42.9 Å². The number of hydrogen-bond acceptors (Lipinski definition) is 8. The van der Waals surface area contributed by atoms with Gasteiger partial charge in [-0.1, -0.05) is 274 Å². The first-order valence-corrected chi connectivity index (χ1v) is 31.4. The van der Waals surface area contributed by atoms with E-state index in [1.54, 1.807) is 0 Å². The largest absolute Gasteiger partial charge is 0.545 e. The molecule has 0 saturated carbocycles. The third-order valence-corrected chi connectivity index (χ3v) is 13.8. The molecule has 0 aliphatic rings. The summed E-state index contributed by atoms with van der Waals surface area (Å²) in [6.07, 6.45) is 70.4. The molecular weight excluding hydrogens is 935 g/mol. The van der Waals surface area contributed by atoms with Crippen LogP contribution in [0.4, 0.5) is 0 Å². The Morgan fingerprint density at radius 2 is 0.760 bits per heavy atom. The highest BCUT2D eigenvalue weighted by atomic mass is 16.7. The second-order valence-electron chi connectivity index (χ2n) is 22.3. The molecule has 0 aliphatic heterocycles. The number of allylic oxidation sites excluding steroid dienone is 10. The molecular formula is C66H119NO8. The van der Waals surface area contributed by atoms with Crippen LogP contribution in [0.3, 0.4) is 0 Å². The standard InChI is InChI=1S/C66H119NO8/c1-6-8-10-12-14-16-17-18-19-20-21-22-23-24-25-26-27-28-29-30-31-32-33-34-35-36-37-38-39-40-41-42-43-44-45-46-47-49-51-53-55-57-64(69)75-62(61-74-66(65(70)71)72-59-58-67(3,4)5)60-73-63(68)56-54-52-50-48-15-13-11-9-7-2/h8,10,14,16,18-19,21-22,24-25,62,66H,6-7,9,11-13,15,17,20,23,26-61H2,1-5H3/b10-8-,16-14-,19-18-,22-21-,25-24-. The zero-order valence-electron chi connectivity index (χ0n) is 49.7. The van der Waals surface area contributed by atoms with Gasteiger partial charge in [0.1, 0.15) is 13.2 Å². The molecule has 0 N–H and O–H groups in total. The molecule has 0 heterocycles. The SMILES string of the molecule is CC/C=C\C/C=C\C/C=C\C/C=C\C/C=C\CCCCCCCCCCCCCCCCCCCCCCCCCCCC(=O)OC(COC(=O)CCCCCCCCCCC)COC(OCC[N+](C)(C)C)C(=O)[O-]. The van der Waals surface area contributed by atoms with Crippen LogP contribution in [0.1, 0.15) is 284 Å². The molecule has 0 aromatic rings. The third-order valence-electron chi connectivity index (χ3n) is 13.8. The number of esters is 2. The van der Waals surface area contributed by atoms with Crippen molar-refractivity contribution in [3.63, 3.8) is 0 Å². The van der Waals surface area contributed by atoms with Crippen LogP contribution in [0.2, 0.25) is 0 Å². The average molecular weight is 1050 g/mol. The quantitative estimate of drug-likeness (QED) is 0.0195. The first-order chi connectivity index (χ1) is 36.6. The Labute approximate surface area is 463 Å². The van der Waals surface area contributed by atoms with Crippen molar-refractivity contribution in [3.8, 4) is 0 Å². The summed E-state index contributed by atoms with van der Waals surface area (Å²) in [5.74, 6) is -2.27. The van der Waals surface area contributed by atoms with Crippen LogP contribution in [0.25, 0.3) is 0 Å². The minimum atomic E-state index is -1.62. The maximum absolute atomic E-state index is 12.8. The minimum Gasteiger partial charge on any atom is -0.545 e. The van der Waals surface area contributed by atoms with Crippen LogP contribution in [0.5, 0.6) is 0 Å². The van der Waals surface area contributed by atoms with Crippen LogP contribution in [-0.2, 0) is 33.3 Å². The van der Waals surface area contributed by atoms with Gasteiger partial charge in [0.15, 0.2) is 12.4 Å². The average Bonchev–Trinajstić information content (AvgIpc) is 3.38. The molecule has 436 valence electrons. The zero-order chi connectivity index (χ0) is 54.8. The summed E-state index contributed by atoms with van der Waals surface area (Å²) in [6.45, 7) is 4.63. The van der Waals surface area contributed by atoms with Crippen LogP contribution in [-0.4, -0.2) is 82.3 Å². The van der Waals surface area contributed by atoms with E-state index < -0.39 is 24.3 Å². The van der Waals surface area contributed by atoms with Crippen molar-refractivity contribution in [1.29, 1.82) is 0 Å². The predicted octanol–water partition coefficient (Wildman–Crippen LogP) is 17.5. The molecule has 0 aromatic heterocycles. The molecule has 9 nitrogen and oxygen atoms in total. The number of quaternary nitrogens is 1. The first-order valence-electron chi connectivity index (χ1n) is 31.4. The van der Waals surface area contributed by atoms with Gasteiger partial charge in [0.25, 0.3) is 0 Å². The van der Waals surface area contributed by atoms with Crippen molar-refractivity contribution in [1.82, 2.24) is 0 Å². The van der Waals surface area contributed by atoms with Gasteiger partial charge in [-0.25, -0.2) is 0 Å². The van der Waals surface area contributed by atoms with E-state index in [0.717, 1.165) is 70.6 Å². The Kier molecular flexibility index (Phi) is 54.9. The number of carboxylic acids is 1.